The molecule has 214 valence electrons. The van der Waals surface area contributed by atoms with Crippen molar-refractivity contribution in [2.45, 2.75) is 44.4 Å². The molecule has 3 aliphatic heterocycles. The van der Waals surface area contributed by atoms with E-state index in [9.17, 15) is 9.90 Å². The molecule has 0 saturated carbocycles. The van der Waals surface area contributed by atoms with Crippen LogP contribution < -0.4 is 20.8 Å². The Morgan fingerprint density at radius 1 is 1.02 bits per heavy atom. The second-order valence-corrected chi connectivity index (χ2v) is 11.8. The highest BCUT2D eigenvalue weighted by Crippen LogP contribution is 2.45. The number of rotatable bonds is 9. The van der Waals surface area contributed by atoms with Crippen molar-refractivity contribution < 1.29 is 9.84 Å². The zero-order valence-corrected chi connectivity index (χ0v) is 23.7. The van der Waals surface area contributed by atoms with Gasteiger partial charge in [-0.1, -0.05) is 24.3 Å². The van der Waals surface area contributed by atoms with E-state index in [1.807, 2.05) is 28.8 Å². The number of aliphatic hydroxyl groups is 1. The monoisotopic (exact) mass is 553 g/mol. The molecule has 3 N–H and O–H groups in total. The fourth-order valence-corrected chi connectivity index (χ4v) is 6.82. The minimum absolute atomic E-state index is 0.175. The Morgan fingerprint density at radius 2 is 1.83 bits per heavy atom. The van der Waals surface area contributed by atoms with Gasteiger partial charge in [0.25, 0.3) is 0 Å². The van der Waals surface area contributed by atoms with E-state index >= 15 is 0 Å². The van der Waals surface area contributed by atoms with Crippen LogP contribution in [0.2, 0.25) is 0 Å². The summed E-state index contributed by atoms with van der Waals surface area (Å²) in [6, 6.07) is 16.8. The average molecular weight is 554 g/mol. The van der Waals surface area contributed by atoms with Crippen LogP contribution in [0.3, 0.4) is 0 Å². The number of pyridine rings is 1. The molecule has 8 nitrogen and oxygen atoms in total. The number of fused-ring (bicyclic) bond motifs is 3. The Bertz CT molecular complexity index is 1640. The lowest BCUT2D eigenvalue weighted by molar-refractivity contribution is 0.133. The van der Waals surface area contributed by atoms with E-state index in [2.05, 4.69) is 51.7 Å². The number of nitrogens with zero attached hydrogens (tertiary/aromatic N) is 3. The molecule has 0 bridgehead atoms. The van der Waals surface area contributed by atoms with Crippen molar-refractivity contribution >= 4 is 27.4 Å². The van der Waals surface area contributed by atoms with Gasteiger partial charge < -0.3 is 29.5 Å². The summed E-state index contributed by atoms with van der Waals surface area (Å²) in [5.41, 5.74) is 2.63. The van der Waals surface area contributed by atoms with Crippen molar-refractivity contribution in [1.29, 1.82) is 0 Å². The normalized spacial score (nSPS) is 19.5. The molecule has 7 rings (SSSR count). The molecule has 2 fully saturated rings. The quantitative estimate of drug-likeness (QED) is 0.226. The first-order valence-corrected chi connectivity index (χ1v) is 15.1. The van der Waals surface area contributed by atoms with E-state index in [4.69, 9.17) is 4.74 Å². The van der Waals surface area contributed by atoms with E-state index in [1.54, 1.807) is 6.20 Å². The fraction of sp³-hybridized carbons (Fsp3) is 0.424. The summed E-state index contributed by atoms with van der Waals surface area (Å²) in [7, 11) is 2.20. The number of ether oxygens (including phenoxy) is 1. The lowest BCUT2D eigenvalue weighted by Gasteiger charge is -2.27. The minimum Gasteiger partial charge on any atom is -0.451 e. The third kappa shape index (κ3) is 4.99. The van der Waals surface area contributed by atoms with Crippen molar-refractivity contribution in [2.75, 3.05) is 51.6 Å². The van der Waals surface area contributed by atoms with Crippen LogP contribution in [0.25, 0.3) is 27.4 Å². The van der Waals surface area contributed by atoms with Gasteiger partial charge >= 0.3 is 0 Å². The summed E-state index contributed by atoms with van der Waals surface area (Å²) in [5.74, 6) is 1.39. The van der Waals surface area contributed by atoms with Crippen LogP contribution in [-0.2, 0) is 0 Å². The van der Waals surface area contributed by atoms with Gasteiger partial charge in [0.2, 0.25) is 0 Å². The largest absolute Gasteiger partial charge is 0.451 e. The van der Waals surface area contributed by atoms with Crippen LogP contribution in [0, 0.1) is 0 Å². The maximum absolute atomic E-state index is 13.8. The first-order valence-electron chi connectivity index (χ1n) is 15.1. The smallest absolute Gasteiger partial charge is 0.196 e. The van der Waals surface area contributed by atoms with Crippen LogP contribution in [0.5, 0.6) is 11.5 Å². The van der Waals surface area contributed by atoms with Crippen molar-refractivity contribution in [3.63, 3.8) is 0 Å². The molecule has 0 amide bonds. The number of aromatic nitrogens is 1. The predicted molar refractivity (Wildman–Crippen MR) is 165 cm³/mol. The molecule has 0 radical (unpaired) electrons. The van der Waals surface area contributed by atoms with Crippen LogP contribution in [0.15, 0.2) is 59.5 Å². The molecule has 8 heteroatoms. The third-order valence-corrected chi connectivity index (χ3v) is 9.17. The van der Waals surface area contributed by atoms with E-state index in [0.29, 0.717) is 29.3 Å². The van der Waals surface area contributed by atoms with Gasteiger partial charge in [0.15, 0.2) is 16.9 Å². The van der Waals surface area contributed by atoms with Crippen molar-refractivity contribution in [1.82, 2.24) is 19.7 Å². The molecule has 4 aromatic rings. The molecule has 4 heterocycles. The SMILES string of the molecule is CN1CCCC1CCNc1ccc2c(=O)c(C(O)NCCN3CCCC3)cn3c2c1Oc1cc2ccccc2cc1-3. The van der Waals surface area contributed by atoms with Gasteiger partial charge in [-0.15, -0.1) is 0 Å². The Hall–Kier alpha value is -3.43. The van der Waals surface area contributed by atoms with E-state index in [-0.39, 0.29) is 5.43 Å². The third-order valence-electron chi connectivity index (χ3n) is 9.17. The zero-order valence-electron chi connectivity index (χ0n) is 23.7. The molecule has 1 aromatic heterocycles. The maximum Gasteiger partial charge on any atom is 0.196 e. The summed E-state index contributed by atoms with van der Waals surface area (Å²) in [6.07, 6.45) is 6.73. The highest BCUT2D eigenvalue weighted by molar-refractivity contribution is 5.96. The first-order chi connectivity index (χ1) is 20.1. The number of aliphatic hydroxyl groups excluding tert-OH is 1. The van der Waals surface area contributed by atoms with Gasteiger partial charge in [-0.05, 0) is 93.8 Å². The Balaban J connectivity index is 1.27. The summed E-state index contributed by atoms with van der Waals surface area (Å²) >= 11 is 0. The molecule has 2 atom stereocenters. The molecule has 3 aliphatic rings. The topological polar surface area (TPSA) is 82.0 Å². The lowest BCUT2D eigenvalue weighted by Crippen LogP contribution is -2.34. The van der Waals surface area contributed by atoms with Gasteiger partial charge in [0, 0.05) is 31.9 Å². The van der Waals surface area contributed by atoms with E-state index in [1.165, 1.54) is 25.7 Å². The Labute approximate surface area is 240 Å². The van der Waals surface area contributed by atoms with Gasteiger partial charge in [0.1, 0.15) is 11.7 Å². The number of benzene rings is 3. The van der Waals surface area contributed by atoms with E-state index in [0.717, 1.165) is 72.6 Å². The molecular formula is C33H39N5O3. The van der Waals surface area contributed by atoms with Crippen molar-refractivity contribution in [2.24, 2.45) is 0 Å². The van der Waals surface area contributed by atoms with Gasteiger partial charge in [-0.2, -0.15) is 0 Å². The highest BCUT2D eigenvalue weighted by atomic mass is 16.5. The van der Waals surface area contributed by atoms with Crippen LogP contribution >= 0.6 is 0 Å². The molecular weight excluding hydrogens is 514 g/mol. The Kier molecular flexibility index (Phi) is 7.16. The maximum atomic E-state index is 13.8. The second kappa shape index (κ2) is 11.1. The summed E-state index contributed by atoms with van der Waals surface area (Å²) < 4.78 is 8.63. The van der Waals surface area contributed by atoms with Gasteiger partial charge in [-0.3, -0.25) is 10.1 Å². The molecule has 0 spiro atoms. The number of hydrogen-bond donors (Lipinski definition) is 3. The van der Waals surface area contributed by atoms with Crippen LogP contribution in [0.1, 0.15) is 43.9 Å². The number of anilines is 1. The fourth-order valence-electron chi connectivity index (χ4n) is 6.82. The van der Waals surface area contributed by atoms with Crippen LogP contribution in [-0.4, -0.2) is 71.8 Å². The van der Waals surface area contributed by atoms with Crippen molar-refractivity contribution in [3.05, 3.63) is 70.5 Å². The summed E-state index contributed by atoms with van der Waals surface area (Å²) in [6.45, 7) is 5.66. The van der Waals surface area contributed by atoms with Gasteiger partial charge in [-0.25, -0.2) is 0 Å². The molecule has 2 saturated heterocycles. The zero-order chi connectivity index (χ0) is 27.9. The number of hydrogen-bond acceptors (Lipinski definition) is 7. The Morgan fingerprint density at radius 3 is 2.61 bits per heavy atom. The molecule has 3 aromatic carbocycles. The first kappa shape index (κ1) is 26.5. The molecule has 0 aliphatic carbocycles. The molecule has 41 heavy (non-hydrogen) atoms. The van der Waals surface area contributed by atoms with Crippen LogP contribution in [0.4, 0.5) is 5.69 Å². The molecule has 2 unspecified atom stereocenters. The summed E-state index contributed by atoms with van der Waals surface area (Å²) in [4.78, 5) is 18.6. The number of likely N-dealkylation sites (tertiary alicyclic amines) is 2. The summed E-state index contributed by atoms with van der Waals surface area (Å²) in [5, 5.41) is 20.7. The van der Waals surface area contributed by atoms with E-state index < -0.39 is 6.23 Å². The highest BCUT2D eigenvalue weighted by Gasteiger charge is 2.27. The lowest BCUT2D eigenvalue weighted by atomic mass is 10.0. The second-order valence-electron chi connectivity index (χ2n) is 11.8. The average Bonchev–Trinajstić information content (AvgIpc) is 3.65. The van der Waals surface area contributed by atoms with Gasteiger partial charge in [0.05, 0.1) is 22.3 Å². The standard InChI is InChI=1S/C33H39N5O3/c1-36-15-6-9-24(36)12-13-34-27-11-10-25-30-32(27)41-29-20-23-8-3-2-7-22(23)19-28(29)38(30)21-26(31(25)39)33(40)35-14-18-37-16-4-5-17-37/h2-3,7-8,10-11,19-21,24,33-35,40H,4-6,9,12-18H2,1H3. The van der Waals surface area contributed by atoms with Crippen molar-refractivity contribution in [3.8, 4) is 17.2 Å². The minimum atomic E-state index is -1.06. The predicted octanol–water partition coefficient (Wildman–Crippen LogP) is 4.82. The number of nitrogens with one attached hydrogen (secondary N) is 2.